The summed E-state index contributed by atoms with van der Waals surface area (Å²) in [6.45, 7) is 3.48. The fourth-order valence-corrected chi connectivity index (χ4v) is 2.63. The lowest BCUT2D eigenvalue weighted by Gasteiger charge is -2.33. The molecule has 1 aromatic rings. The van der Waals surface area contributed by atoms with Gasteiger partial charge in [-0.15, -0.1) is 0 Å². The molecule has 5 nitrogen and oxygen atoms in total. The molecule has 0 aliphatic carbocycles. The molecule has 17 heavy (non-hydrogen) atoms. The Labute approximate surface area is 101 Å². The SMILES string of the molecule is CN(c1ncnc2c1COC2)C1CCNCC1. The Hall–Kier alpha value is -1.20. The van der Waals surface area contributed by atoms with Gasteiger partial charge in [-0.25, -0.2) is 9.97 Å². The van der Waals surface area contributed by atoms with Crippen LogP contribution in [0.3, 0.4) is 0 Å². The first-order valence-corrected chi connectivity index (χ1v) is 6.20. The van der Waals surface area contributed by atoms with Crippen LogP contribution in [0.1, 0.15) is 24.1 Å². The normalized spacial score (nSPS) is 20.3. The van der Waals surface area contributed by atoms with Crippen LogP contribution >= 0.6 is 0 Å². The zero-order valence-electron chi connectivity index (χ0n) is 10.1. The van der Waals surface area contributed by atoms with Crippen molar-refractivity contribution in [3.8, 4) is 0 Å². The van der Waals surface area contributed by atoms with Crippen molar-refractivity contribution in [2.45, 2.75) is 32.1 Å². The highest BCUT2D eigenvalue weighted by molar-refractivity contribution is 5.49. The molecule has 3 rings (SSSR count). The Morgan fingerprint density at radius 1 is 1.29 bits per heavy atom. The maximum absolute atomic E-state index is 5.45. The molecule has 0 aromatic carbocycles. The van der Waals surface area contributed by atoms with Gasteiger partial charge in [0.05, 0.1) is 18.9 Å². The molecule has 2 aliphatic rings. The molecule has 0 unspecified atom stereocenters. The van der Waals surface area contributed by atoms with Crippen LogP contribution in [0.2, 0.25) is 0 Å². The number of hydrogen-bond donors (Lipinski definition) is 1. The van der Waals surface area contributed by atoms with E-state index in [0.29, 0.717) is 19.3 Å². The van der Waals surface area contributed by atoms with Gasteiger partial charge in [-0.2, -0.15) is 0 Å². The minimum Gasteiger partial charge on any atom is -0.370 e. The van der Waals surface area contributed by atoms with Crippen LogP contribution in [-0.4, -0.2) is 36.1 Å². The van der Waals surface area contributed by atoms with E-state index < -0.39 is 0 Å². The molecule has 1 N–H and O–H groups in total. The van der Waals surface area contributed by atoms with E-state index in [1.54, 1.807) is 6.33 Å². The molecule has 2 aliphatic heterocycles. The summed E-state index contributed by atoms with van der Waals surface area (Å²) >= 11 is 0. The van der Waals surface area contributed by atoms with Crippen molar-refractivity contribution in [3.63, 3.8) is 0 Å². The van der Waals surface area contributed by atoms with Gasteiger partial charge in [-0.1, -0.05) is 0 Å². The molecular weight excluding hydrogens is 216 g/mol. The van der Waals surface area contributed by atoms with Gasteiger partial charge >= 0.3 is 0 Å². The fourth-order valence-electron chi connectivity index (χ4n) is 2.63. The van der Waals surface area contributed by atoms with E-state index in [1.165, 1.54) is 18.4 Å². The predicted molar refractivity (Wildman–Crippen MR) is 64.8 cm³/mol. The van der Waals surface area contributed by atoms with Gasteiger partial charge in [-0.05, 0) is 25.9 Å². The summed E-state index contributed by atoms with van der Waals surface area (Å²) in [5.74, 6) is 1.06. The van der Waals surface area contributed by atoms with Gasteiger partial charge in [0, 0.05) is 18.7 Å². The number of piperidine rings is 1. The van der Waals surface area contributed by atoms with Crippen LogP contribution < -0.4 is 10.2 Å². The number of nitrogens with zero attached hydrogens (tertiary/aromatic N) is 3. The molecular formula is C12H18N4O. The molecule has 3 heterocycles. The standard InChI is InChI=1S/C12H18N4O/c1-16(9-2-4-13-5-3-9)12-10-6-17-7-11(10)14-8-15-12/h8-9,13H,2-7H2,1H3. The van der Waals surface area contributed by atoms with E-state index in [0.717, 1.165) is 24.6 Å². The summed E-state index contributed by atoms with van der Waals surface area (Å²) in [5, 5.41) is 3.39. The van der Waals surface area contributed by atoms with Crippen molar-refractivity contribution >= 4 is 5.82 Å². The maximum Gasteiger partial charge on any atom is 0.137 e. The molecule has 0 bridgehead atoms. The van der Waals surface area contributed by atoms with Crippen LogP contribution in [-0.2, 0) is 18.0 Å². The van der Waals surface area contributed by atoms with Crippen LogP contribution in [0.5, 0.6) is 0 Å². The molecule has 1 saturated heterocycles. The molecule has 0 radical (unpaired) electrons. The van der Waals surface area contributed by atoms with Gasteiger partial charge in [0.2, 0.25) is 0 Å². The summed E-state index contributed by atoms with van der Waals surface area (Å²) in [6.07, 6.45) is 4.01. The van der Waals surface area contributed by atoms with Crippen molar-refractivity contribution in [2.24, 2.45) is 0 Å². The number of rotatable bonds is 2. The lowest BCUT2D eigenvalue weighted by Crippen LogP contribution is -2.41. The second-order valence-electron chi connectivity index (χ2n) is 4.71. The average molecular weight is 234 g/mol. The second-order valence-corrected chi connectivity index (χ2v) is 4.71. The quantitative estimate of drug-likeness (QED) is 0.816. The van der Waals surface area contributed by atoms with Crippen LogP contribution in [0.25, 0.3) is 0 Å². The van der Waals surface area contributed by atoms with E-state index in [4.69, 9.17) is 4.74 Å². The Morgan fingerprint density at radius 2 is 2.12 bits per heavy atom. The Bertz CT molecular complexity index is 403. The smallest absolute Gasteiger partial charge is 0.137 e. The monoisotopic (exact) mass is 234 g/mol. The molecule has 1 fully saturated rings. The fraction of sp³-hybridized carbons (Fsp3) is 0.667. The summed E-state index contributed by atoms with van der Waals surface area (Å²) in [4.78, 5) is 11.0. The number of anilines is 1. The average Bonchev–Trinajstić information content (AvgIpc) is 2.87. The van der Waals surface area contributed by atoms with Crippen LogP contribution in [0.15, 0.2) is 6.33 Å². The van der Waals surface area contributed by atoms with Crippen molar-refractivity contribution < 1.29 is 4.74 Å². The highest BCUT2D eigenvalue weighted by Gasteiger charge is 2.24. The van der Waals surface area contributed by atoms with Crippen molar-refractivity contribution in [3.05, 3.63) is 17.6 Å². The summed E-state index contributed by atoms with van der Waals surface area (Å²) in [6, 6.07) is 0.579. The van der Waals surface area contributed by atoms with E-state index in [-0.39, 0.29) is 0 Å². The zero-order valence-corrected chi connectivity index (χ0v) is 10.1. The third-order valence-corrected chi connectivity index (χ3v) is 3.69. The first kappa shape index (κ1) is 10.9. The van der Waals surface area contributed by atoms with Crippen LogP contribution in [0, 0.1) is 0 Å². The van der Waals surface area contributed by atoms with Gasteiger partial charge < -0.3 is 15.0 Å². The first-order valence-electron chi connectivity index (χ1n) is 6.20. The third kappa shape index (κ3) is 2.00. The lowest BCUT2D eigenvalue weighted by molar-refractivity contribution is 0.133. The summed E-state index contributed by atoms with van der Waals surface area (Å²) < 4.78 is 5.45. The zero-order chi connectivity index (χ0) is 11.7. The molecule has 0 saturated carbocycles. The number of nitrogens with one attached hydrogen (secondary N) is 1. The predicted octanol–water partition coefficient (Wildman–Crippen LogP) is 0.695. The van der Waals surface area contributed by atoms with Crippen molar-refractivity contribution in [1.29, 1.82) is 0 Å². The Kier molecular flexibility index (Phi) is 2.94. The number of aromatic nitrogens is 2. The highest BCUT2D eigenvalue weighted by Crippen LogP contribution is 2.28. The minimum atomic E-state index is 0.579. The molecule has 92 valence electrons. The molecule has 0 spiro atoms. The van der Waals surface area contributed by atoms with E-state index in [1.807, 2.05) is 0 Å². The van der Waals surface area contributed by atoms with Gasteiger partial charge in [0.1, 0.15) is 12.1 Å². The minimum absolute atomic E-state index is 0.579. The highest BCUT2D eigenvalue weighted by atomic mass is 16.5. The van der Waals surface area contributed by atoms with Gasteiger partial charge in [-0.3, -0.25) is 0 Å². The van der Waals surface area contributed by atoms with Crippen molar-refractivity contribution in [1.82, 2.24) is 15.3 Å². The topological polar surface area (TPSA) is 50.3 Å². The maximum atomic E-state index is 5.45. The van der Waals surface area contributed by atoms with E-state index in [9.17, 15) is 0 Å². The number of fused-ring (bicyclic) bond motifs is 1. The summed E-state index contributed by atoms with van der Waals surface area (Å²) in [5.41, 5.74) is 2.23. The third-order valence-electron chi connectivity index (χ3n) is 3.69. The Balaban J connectivity index is 1.85. The molecule has 0 amide bonds. The molecule has 1 aromatic heterocycles. The van der Waals surface area contributed by atoms with Crippen LogP contribution in [0.4, 0.5) is 5.82 Å². The Morgan fingerprint density at radius 3 is 2.94 bits per heavy atom. The van der Waals surface area contributed by atoms with Gasteiger partial charge in [0.25, 0.3) is 0 Å². The number of ether oxygens (including phenoxy) is 1. The first-order chi connectivity index (χ1) is 8.36. The van der Waals surface area contributed by atoms with Gasteiger partial charge in [0.15, 0.2) is 0 Å². The second kappa shape index (κ2) is 4.58. The number of hydrogen-bond acceptors (Lipinski definition) is 5. The van der Waals surface area contributed by atoms with Crippen molar-refractivity contribution in [2.75, 3.05) is 25.0 Å². The summed E-state index contributed by atoms with van der Waals surface area (Å²) in [7, 11) is 2.14. The molecule has 0 atom stereocenters. The lowest BCUT2D eigenvalue weighted by atomic mass is 10.0. The van der Waals surface area contributed by atoms with E-state index in [2.05, 4.69) is 27.2 Å². The largest absolute Gasteiger partial charge is 0.370 e. The molecule has 5 heteroatoms. The van der Waals surface area contributed by atoms with E-state index >= 15 is 0 Å².